The van der Waals surface area contributed by atoms with Crippen molar-refractivity contribution in [3.05, 3.63) is 53.0 Å². The van der Waals surface area contributed by atoms with Crippen LogP contribution in [0.2, 0.25) is 0 Å². The van der Waals surface area contributed by atoms with Crippen LogP contribution in [0.3, 0.4) is 0 Å². The first-order valence-electron chi connectivity index (χ1n) is 9.63. The van der Waals surface area contributed by atoms with Crippen LogP contribution < -0.4 is 5.32 Å². The van der Waals surface area contributed by atoms with E-state index >= 15 is 0 Å². The molecule has 1 saturated carbocycles. The molecule has 5 nitrogen and oxygen atoms in total. The predicted octanol–water partition coefficient (Wildman–Crippen LogP) is 4.19. The quantitative estimate of drug-likeness (QED) is 0.641. The first kappa shape index (κ1) is 19.3. The number of Topliss-reactive ketones (excluding diaryl/α,β-unsaturated/α-hetero) is 1. The average Bonchev–Trinajstić information content (AvgIpc) is 3.36. The van der Waals surface area contributed by atoms with Gasteiger partial charge in [0.25, 0.3) is 0 Å². The maximum absolute atomic E-state index is 12.2. The third-order valence-electron chi connectivity index (χ3n) is 5.31. The smallest absolute Gasteiger partial charge is 0.227 e. The van der Waals surface area contributed by atoms with Gasteiger partial charge < -0.3 is 5.32 Å². The summed E-state index contributed by atoms with van der Waals surface area (Å²) in [6.07, 6.45) is 1.93. The van der Waals surface area contributed by atoms with Crippen LogP contribution in [0.4, 0.5) is 0 Å². The number of nitrogens with zero attached hydrogens (tertiary/aromatic N) is 2. The number of amides is 1. The minimum Gasteiger partial charge on any atom is -0.349 e. The van der Waals surface area contributed by atoms with Gasteiger partial charge in [-0.1, -0.05) is 30.3 Å². The molecule has 0 bridgehead atoms. The summed E-state index contributed by atoms with van der Waals surface area (Å²) in [5.41, 5.74) is 3.89. The maximum Gasteiger partial charge on any atom is 0.227 e. The molecule has 1 aliphatic carbocycles. The monoisotopic (exact) mass is 403 g/mol. The van der Waals surface area contributed by atoms with Gasteiger partial charge in [-0.2, -0.15) is 5.26 Å². The molecule has 4 rings (SSSR count). The van der Waals surface area contributed by atoms with Crippen LogP contribution in [0, 0.1) is 23.7 Å². The van der Waals surface area contributed by atoms with Crippen molar-refractivity contribution < 1.29 is 9.59 Å². The minimum absolute atomic E-state index is 0.0232. The lowest BCUT2D eigenvalue weighted by Crippen LogP contribution is -2.31. The fourth-order valence-electron chi connectivity index (χ4n) is 3.43. The molecule has 0 saturated heterocycles. The van der Waals surface area contributed by atoms with Crippen LogP contribution in [0.15, 0.2) is 42.5 Å². The largest absolute Gasteiger partial charge is 0.349 e. The van der Waals surface area contributed by atoms with Crippen molar-refractivity contribution in [2.45, 2.75) is 32.6 Å². The Morgan fingerprint density at radius 3 is 2.76 bits per heavy atom. The van der Waals surface area contributed by atoms with Crippen molar-refractivity contribution in [3.63, 3.8) is 0 Å². The second-order valence-electron chi connectivity index (χ2n) is 7.67. The summed E-state index contributed by atoms with van der Waals surface area (Å²) in [5.74, 6) is -0.317. The Kier molecular flexibility index (Phi) is 5.16. The first-order valence-corrected chi connectivity index (χ1v) is 10.4. The van der Waals surface area contributed by atoms with Gasteiger partial charge in [0.2, 0.25) is 5.91 Å². The second kappa shape index (κ2) is 7.76. The van der Waals surface area contributed by atoms with Gasteiger partial charge in [-0.05, 0) is 48.6 Å². The molecule has 0 aliphatic heterocycles. The normalized spacial score (nSPS) is 14.3. The molecule has 3 aromatic rings. The molecule has 0 atom stereocenters. The van der Waals surface area contributed by atoms with Crippen molar-refractivity contribution in [3.8, 4) is 17.2 Å². The number of nitriles is 1. The van der Waals surface area contributed by atoms with Gasteiger partial charge in [0, 0.05) is 6.42 Å². The highest BCUT2D eigenvalue weighted by Crippen LogP contribution is 2.48. The van der Waals surface area contributed by atoms with E-state index in [0.29, 0.717) is 0 Å². The van der Waals surface area contributed by atoms with Crippen LogP contribution >= 0.6 is 11.3 Å². The van der Waals surface area contributed by atoms with Crippen LogP contribution in [0.5, 0.6) is 0 Å². The summed E-state index contributed by atoms with van der Waals surface area (Å²) in [4.78, 5) is 28.8. The van der Waals surface area contributed by atoms with Crippen molar-refractivity contribution in [1.82, 2.24) is 10.3 Å². The van der Waals surface area contributed by atoms with Gasteiger partial charge in [0.15, 0.2) is 5.78 Å². The molecule has 1 heterocycles. The number of aromatic nitrogens is 1. The van der Waals surface area contributed by atoms with E-state index in [0.717, 1.165) is 33.6 Å². The van der Waals surface area contributed by atoms with Crippen LogP contribution in [0.1, 0.15) is 29.8 Å². The molecule has 6 heteroatoms. The SMILES string of the molecule is Cc1ccccc1-c1ccc2sc(CC(=O)NCC(=O)CC3(C#N)CC3)nc2c1. The standard InChI is InChI=1S/C23H21N3O2S/c1-15-4-2-3-5-18(15)16-6-7-20-19(10-16)26-22(29-20)11-21(28)25-13-17(27)12-23(14-24)8-9-23/h2-7,10H,8-9,11-13H2,1H3,(H,25,28). The Morgan fingerprint density at radius 1 is 1.24 bits per heavy atom. The highest BCUT2D eigenvalue weighted by Gasteiger charge is 2.44. The van der Waals surface area contributed by atoms with Gasteiger partial charge in [0.05, 0.1) is 34.7 Å². The lowest BCUT2D eigenvalue weighted by Gasteiger charge is -2.06. The summed E-state index contributed by atoms with van der Waals surface area (Å²) in [6, 6.07) is 16.6. The van der Waals surface area contributed by atoms with E-state index in [2.05, 4.69) is 47.6 Å². The van der Waals surface area contributed by atoms with Crippen molar-refractivity contribution >= 4 is 33.2 Å². The van der Waals surface area contributed by atoms with E-state index in [1.807, 2.05) is 18.2 Å². The third-order valence-corrected chi connectivity index (χ3v) is 6.35. The average molecular weight is 404 g/mol. The highest BCUT2D eigenvalue weighted by atomic mass is 32.1. The zero-order valence-corrected chi connectivity index (χ0v) is 17.0. The molecule has 2 aromatic carbocycles. The van der Waals surface area contributed by atoms with Crippen LogP contribution in [-0.2, 0) is 16.0 Å². The Bertz CT molecular complexity index is 1140. The molecule has 1 amide bonds. The third kappa shape index (κ3) is 4.36. The Balaban J connectivity index is 1.39. The van der Waals surface area contributed by atoms with E-state index < -0.39 is 5.41 Å². The number of carbonyl (C=O) groups is 2. The van der Waals surface area contributed by atoms with E-state index in [1.165, 1.54) is 22.5 Å². The van der Waals surface area contributed by atoms with Gasteiger partial charge >= 0.3 is 0 Å². The fourth-order valence-corrected chi connectivity index (χ4v) is 4.38. The molecule has 0 unspecified atom stereocenters. The Morgan fingerprint density at radius 2 is 2.03 bits per heavy atom. The Labute approximate surface area is 173 Å². The van der Waals surface area contributed by atoms with Crippen LogP contribution in [-0.4, -0.2) is 23.2 Å². The molecule has 0 radical (unpaired) electrons. The van der Waals surface area contributed by atoms with Gasteiger partial charge in [0.1, 0.15) is 5.01 Å². The lowest BCUT2D eigenvalue weighted by molar-refractivity contribution is -0.125. The molecule has 29 heavy (non-hydrogen) atoms. The number of carbonyl (C=O) groups excluding carboxylic acids is 2. The number of ketones is 1. The summed E-state index contributed by atoms with van der Waals surface area (Å²) in [5, 5.41) is 12.4. The molecule has 1 N–H and O–H groups in total. The van der Waals surface area contributed by atoms with E-state index in [-0.39, 0.29) is 31.1 Å². The number of hydrogen-bond donors (Lipinski definition) is 1. The zero-order valence-electron chi connectivity index (χ0n) is 16.2. The second-order valence-corrected chi connectivity index (χ2v) is 8.78. The highest BCUT2D eigenvalue weighted by molar-refractivity contribution is 7.18. The van der Waals surface area contributed by atoms with Gasteiger partial charge in [-0.25, -0.2) is 4.98 Å². The van der Waals surface area contributed by atoms with E-state index in [1.54, 1.807) is 0 Å². The number of hydrogen-bond acceptors (Lipinski definition) is 5. The zero-order chi connectivity index (χ0) is 20.4. The maximum atomic E-state index is 12.2. The molecular formula is C23H21N3O2S. The molecule has 1 fully saturated rings. The molecular weight excluding hydrogens is 382 g/mol. The number of thiazole rings is 1. The topological polar surface area (TPSA) is 82.9 Å². The molecule has 1 aliphatic rings. The molecule has 0 spiro atoms. The number of benzene rings is 2. The van der Waals surface area contributed by atoms with Crippen LogP contribution in [0.25, 0.3) is 21.3 Å². The molecule has 146 valence electrons. The summed E-state index contributed by atoms with van der Waals surface area (Å²) >= 11 is 1.49. The first-order chi connectivity index (χ1) is 14.0. The summed E-state index contributed by atoms with van der Waals surface area (Å²) < 4.78 is 1.03. The summed E-state index contributed by atoms with van der Waals surface area (Å²) in [6.45, 7) is 2.06. The Hall–Kier alpha value is -3.04. The fraction of sp³-hybridized carbons (Fsp3) is 0.304. The summed E-state index contributed by atoms with van der Waals surface area (Å²) in [7, 11) is 0. The van der Waals surface area contributed by atoms with Crippen molar-refractivity contribution in [1.29, 1.82) is 5.26 Å². The molecule has 1 aromatic heterocycles. The van der Waals surface area contributed by atoms with Gasteiger partial charge in [-0.15, -0.1) is 11.3 Å². The number of rotatable bonds is 7. The number of fused-ring (bicyclic) bond motifs is 1. The lowest BCUT2D eigenvalue weighted by atomic mass is 10.0. The van der Waals surface area contributed by atoms with E-state index in [4.69, 9.17) is 5.26 Å². The van der Waals surface area contributed by atoms with Crippen molar-refractivity contribution in [2.24, 2.45) is 5.41 Å². The van der Waals surface area contributed by atoms with E-state index in [9.17, 15) is 9.59 Å². The van der Waals surface area contributed by atoms with Gasteiger partial charge in [-0.3, -0.25) is 9.59 Å². The number of nitrogens with one attached hydrogen (secondary N) is 1. The number of aryl methyl sites for hydroxylation is 1. The minimum atomic E-state index is -0.469. The van der Waals surface area contributed by atoms with Crippen molar-refractivity contribution in [2.75, 3.05) is 6.54 Å². The predicted molar refractivity (Wildman–Crippen MR) is 113 cm³/mol.